The van der Waals surface area contributed by atoms with E-state index >= 15 is 4.39 Å². The summed E-state index contributed by atoms with van der Waals surface area (Å²) in [5, 5.41) is 0. The van der Waals surface area contributed by atoms with Crippen LogP contribution in [0.3, 0.4) is 0 Å². The first kappa shape index (κ1) is 31.2. The Balaban J connectivity index is 1.42. The number of hydrogen-bond donors (Lipinski definition) is 0. The van der Waals surface area contributed by atoms with E-state index in [1.807, 2.05) is 6.92 Å². The van der Waals surface area contributed by atoms with Gasteiger partial charge >= 0.3 is 6.11 Å². The molecule has 4 aromatic carbocycles. The normalized spacial score (nSPS) is 18.7. The molecule has 0 aromatic heterocycles. The highest BCUT2D eigenvalue weighted by molar-refractivity contribution is 5.67. The van der Waals surface area contributed by atoms with Crippen molar-refractivity contribution in [2.75, 3.05) is 0 Å². The second kappa shape index (κ2) is 11.3. The first-order chi connectivity index (χ1) is 20.6. The molecule has 1 unspecified atom stereocenters. The Morgan fingerprint density at radius 3 is 1.73 bits per heavy atom. The lowest BCUT2D eigenvalue weighted by Gasteiger charge is -2.34. The molecule has 230 valence electrons. The van der Waals surface area contributed by atoms with Crippen molar-refractivity contribution >= 4 is 0 Å². The van der Waals surface area contributed by atoms with Gasteiger partial charge in [0.15, 0.2) is 17.5 Å². The fraction of sp³-hybridized carbons (Fsp3) is 0.212. The molecule has 0 saturated carbocycles. The van der Waals surface area contributed by atoms with Crippen LogP contribution in [0.2, 0.25) is 0 Å². The van der Waals surface area contributed by atoms with Gasteiger partial charge < -0.3 is 4.74 Å². The number of rotatable bonds is 6. The molecule has 0 bridgehead atoms. The summed E-state index contributed by atoms with van der Waals surface area (Å²) < 4.78 is 149. The highest BCUT2D eigenvalue weighted by Crippen LogP contribution is 2.44. The average Bonchev–Trinajstić information content (AvgIpc) is 2.93. The lowest BCUT2D eigenvalue weighted by molar-refractivity contribution is -0.189. The lowest BCUT2D eigenvalue weighted by atomic mass is 9.72. The van der Waals surface area contributed by atoms with Gasteiger partial charge in [0.2, 0.25) is 0 Å². The summed E-state index contributed by atoms with van der Waals surface area (Å²) in [7, 11) is 0. The highest BCUT2D eigenvalue weighted by atomic mass is 19.3. The monoisotopic (exact) mass is 624 g/mol. The molecular weight excluding hydrogens is 602 g/mol. The highest BCUT2D eigenvalue weighted by Gasteiger charge is 2.42. The topological polar surface area (TPSA) is 9.23 Å². The van der Waals surface area contributed by atoms with E-state index in [-0.39, 0.29) is 11.5 Å². The average molecular weight is 625 g/mol. The number of allylic oxidation sites excluding steroid dienone is 2. The van der Waals surface area contributed by atoms with E-state index < -0.39 is 86.1 Å². The Morgan fingerprint density at radius 1 is 0.682 bits per heavy atom. The molecule has 1 aliphatic rings. The summed E-state index contributed by atoms with van der Waals surface area (Å²) in [6.07, 6.45) is -2.18. The minimum Gasteiger partial charge on any atom is -0.429 e. The van der Waals surface area contributed by atoms with Crippen LogP contribution in [0.4, 0.5) is 43.9 Å². The molecule has 1 aliphatic carbocycles. The van der Waals surface area contributed by atoms with Crippen molar-refractivity contribution in [1.82, 2.24) is 0 Å². The van der Waals surface area contributed by atoms with Crippen molar-refractivity contribution in [2.45, 2.75) is 38.2 Å². The van der Waals surface area contributed by atoms with Crippen molar-refractivity contribution in [3.8, 4) is 28.0 Å². The van der Waals surface area contributed by atoms with Crippen LogP contribution in [0.25, 0.3) is 22.3 Å². The third kappa shape index (κ3) is 5.67. The van der Waals surface area contributed by atoms with E-state index in [1.54, 1.807) is 6.92 Å². The Hall–Kier alpha value is -4.28. The van der Waals surface area contributed by atoms with E-state index in [1.165, 1.54) is 18.2 Å². The van der Waals surface area contributed by atoms with Gasteiger partial charge in [-0.15, -0.1) is 0 Å². The molecule has 0 saturated heterocycles. The van der Waals surface area contributed by atoms with Crippen molar-refractivity contribution in [3.63, 3.8) is 0 Å². The van der Waals surface area contributed by atoms with E-state index in [0.29, 0.717) is 48.7 Å². The smallest absolute Gasteiger partial charge is 0.429 e. The number of halogens is 10. The van der Waals surface area contributed by atoms with E-state index in [0.717, 1.165) is 18.2 Å². The van der Waals surface area contributed by atoms with Gasteiger partial charge in [-0.05, 0) is 90.9 Å². The van der Waals surface area contributed by atoms with Crippen molar-refractivity contribution < 1.29 is 48.6 Å². The van der Waals surface area contributed by atoms with Gasteiger partial charge in [-0.3, -0.25) is 0 Å². The summed E-state index contributed by atoms with van der Waals surface area (Å²) >= 11 is 0. The standard InChI is InChI=1S/C33H22F10O/c1-16-7-8-32(2,29(40)9-16)19-3-5-21(23(34)14-19)17-10-25(36)30(26(37)11-17)33(42,43)44-20-4-6-22(24(35)15-20)18-12-27(38)31(41)28(39)13-18/h3-6,9-16H,7-8H2,1-2H3/t16?,32-/m1/s1. The van der Waals surface area contributed by atoms with Crippen molar-refractivity contribution in [3.05, 3.63) is 124 Å². The predicted octanol–water partition coefficient (Wildman–Crippen LogP) is 10.7. The molecule has 44 heavy (non-hydrogen) atoms. The summed E-state index contributed by atoms with van der Waals surface area (Å²) in [6, 6.07) is 7.45. The maximum Gasteiger partial charge on any atom is 0.432 e. The first-order valence-corrected chi connectivity index (χ1v) is 13.3. The summed E-state index contributed by atoms with van der Waals surface area (Å²) in [4.78, 5) is 0. The third-order valence-electron chi connectivity index (χ3n) is 7.79. The number of alkyl halides is 2. The van der Waals surface area contributed by atoms with Crippen LogP contribution >= 0.6 is 0 Å². The molecule has 5 rings (SSSR count). The summed E-state index contributed by atoms with van der Waals surface area (Å²) in [5.74, 6) is -12.2. The molecule has 0 N–H and O–H groups in total. The molecule has 1 nitrogen and oxygen atoms in total. The fourth-order valence-corrected chi connectivity index (χ4v) is 5.24. The summed E-state index contributed by atoms with van der Waals surface area (Å²) in [6.45, 7) is 3.46. The summed E-state index contributed by atoms with van der Waals surface area (Å²) in [5.41, 5.74) is -4.35. The Morgan fingerprint density at radius 2 is 1.20 bits per heavy atom. The number of benzene rings is 4. The van der Waals surface area contributed by atoms with Crippen molar-refractivity contribution in [2.24, 2.45) is 5.92 Å². The molecule has 0 radical (unpaired) electrons. The number of hydrogen-bond acceptors (Lipinski definition) is 1. The second-order valence-corrected chi connectivity index (χ2v) is 10.9. The minimum absolute atomic E-state index is 0.00968. The van der Waals surface area contributed by atoms with Crippen LogP contribution in [-0.2, 0) is 11.5 Å². The zero-order chi connectivity index (χ0) is 32.1. The number of ether oxygens (including phenoxy) is 1. The zero-order valence-corrected chi connectivity index (χ0v) is 23.0. The van der Waals surface area contributed by atoms with Crippen LogP contribution in [0.15, 0.2) is 72.6 Å². The largest absolute Gasteiger partial charge is 0.432 e. The van der Waals surface area contributed by atoms with Crippen LogP contribution < -0.4 is 4.74 Å². The van der Waals surface area contributed by atoms with Gasteiger partial charge in [0, 0.05) is 22.6 Å². The molecule has 2 atom stereocenters. The van der Waals surface area contributed by atoms with Gasteiger partial charge in [0.05, 0.1) is 0 Å². The molecule has 0 heterocycles. The molecule has 0 amide bonds. The second-order valence-electron chi connectivity index (χ2n) is 10.9. The van der Waals surface area contributed by atoms with Crippen LogP contribution in [-0.4, -0.2) is 0 Å². The SMILES string of the molecule is CC1C=C(F)[C@@](C)(c2ccc(-c3cc(F)c(C(F)(F)Oc4ccc(-c5cc(F)c(F)c(F)c5)c(F)c4)c(F)c3)c(F)c2)CC1. The molecule has 11 heteroatoms. The maximum atomic E-state index is 15.2. The van der Waals surface area contributed by atoms with Gasteiger partial charge in [-0.25, -0.2) is 35.1 Å². The Bertz CT molecular complexity index is 1750. The third-order valence-corrected chi connectivity index (χ3v) is 7.79. The first-order valence-electron chi connectivity index (χ1n) is 13.3. The van der Waals surface area contributed by atoms with Crippen LogP contribution in [0, 0.1) is 46.6 Å². The zero-order valence-electron chi connectivity index (χ0n) is 23.0. The van der Waals surface area contributed by atoms with E-state index in [2.05, 4.69) is 4.74 Å². The van der Waals surface area contributed by atoms with Gasteiger partial charge in [-0.2, -0.15) is 8.78 Å². The molecular formula is C33H22F10O. The minimum atomic E-state index is -4.70. The maximum absolute atomic E-state index is 15.2. The van der Waals surface area contributed by atoms with Crippen molar-refractivity contribution in [1.29, 1.82) is 0 Å². The Labute approximate surface area is 245 Å². The molecule has 0 spiro atoms. The van der Waals surface area contributed by atoms with Gasteiger partial charge in [-0.1, -0.05) is 19.1 Å². The van der Waals surface area contributed by atoms with Crippen LogP contribution in [0.1, 0.15) is 37.8 Å². The van der Waals surface area contributed by atoms with E-state index in [9.17, 15) is 39.5 Å². The Kier molecular flexibility index (Phi) is 8.02. The predicted molar refractivity (Wildman–Crippen MR) is 143 cm³/mol. The quantitative estimate of drug-likeness (QED) is 0.153. The fourth-order valence-electron chi connectivity index (χ4n) is 5.24. The van der Waals surface area contributed by atoms with E-state index in [4.69, 9.17) is 0 Å². The van der Waals surface area contributed by atoms with Gasteiger partial charge in [0.25, 0.3) is 0 Å². The molecule has 0 aliphatic heterocycles. The molecule has 4 aromatic rings. The lowest BCUT2D eigenvalue weighted by Crippen LogP contribution is -2.27. The molecule has 0 fully saturated rings. The van der Waals surface area contributed by atoms with Crippen LogP contribution in [0.5, 0.6) is 5.75 Å². The van der Waals surface area contributed by atoms with Gasteiger partial charge in [0.1, 0.15) is 40.4 Å².